The van der Waals surface area contributed by atoms with Crippen LogP contribution < -0.4 is 0 Å². The molecule has 1 rings (SSSR count). The number of alkyl halides is 1. The van der Waals surface area contributed by atoms with E-state index >= 15 is 0 Å². The van der Waals surface area contributed by atoms with E-state index in [0.29, 0.717) is 0 Å². The van der Waals surface area contributed by atoms with Crippen LogP contribution in [-0.2, 0) is 14.4 Å². The summed E-state index contributed by atoms with van der Waals surface area (Å²) in [6.45, 7) is 0. The third kappa shape index (κ3) is 3.12. The second-order valence-electron chi connectivity index (χ2n) is 3.27. The highest BCUT2D eigenvalue weighted by Crippen LogP contribution is 2.52. The van der Waals surface area contributed by atoms with E-state index in [-0.39, 0.29) is 10.5 Å². The summed E-state index contributed by atoms with van der Waals surface area (Å²) >= 11 is 0. The molecular formula is C8H10FO5PS. The van der Waals surface area contributed by atoms with Crippen molar-refractivity contribution in [3.63, 3.8) is 0 Å². The van der Waals surface area contributed by atoms with Crippen molar-refractivity contribution in [2.24, 2.45) is 0 Å². The molecule has 0 aromatic heterocycles. The molecule has 90 valence electrons. The molecule has 5 nitrogen and oxygen atoms in total. The Labute approximate surface area is 92.0 Å². The minimum absolute atomic E-state index is 0.0332. The van der Waals surface area contributed by atoms with Crippen molar-refractivity contribution in [3.05, 3.63) is 29.8 Å². The zero-order chi connectivity index (χ0) is 12.6. The van der Waals surface area contributed by atoms with Crippen molar-refractivity contribution in [1.29, 1.82) is 0 Å². The lowest BCUT2D eigenvalue weighted by Crippen LogP contribution is -1.98. The average Bonchev–Trinajstić information content (AvgIpc) is 2.14. The maximum atomic E-state index is 13.2. The first-order chi connectivity index (χ1) is 7.12. The van der Waals surface area contributed by atoms with Crippen molar-refractivity contribution in [1.82, 2.24) is 0 Å². The average molecular weight is 268 g/mol. The number of sulfone groups is 1. The van der Waals surface area contributed by atoms with Crippen LogP contribution in [0.5, 0.6) is 0 Å². The maximum absolute atomic E-state index is 13.2. The molecule has 0 spiro atoms. The van der Waals surface area contributed by atoms with Gasteiger partial charge in [0.2, 0.25) is 5.91 Å². The molecule has 0 radical (unpaired) electrons. The van der Waals surface area contributed by atoms with E-state index in [2.05, 4.69) is 0 Å². The SMILES string of the molecule is CS(=O)(=O)c1ccc(C(F)P(=O)(O)O)cc1. The van der Waals surface area contributed by atoms with Crippen molar-refractivity contribution in [2.75, 3.05) is 6.26 Å². The zero-order valence-corrected chi connectivity index (χ0v) is 9.95. The summed E-state index contributed by atoms with van der Waals surface area (Å²) in [5.41, 5.74) is -0.249. The van der Waals surface area contributed by atoms with E-state index in [1.807, 2.05) is 0 Å². The van der Waals surface area contributed by atoms with E-state index in [1.54, 1.807) is 0 Å². The van der Waals surface area contributed by atoms with Gasteiger partial charge in [0.25, 0.3) is 0 Å². The van der Waals surface area contributed by atoms with Gasteiger partial charge in [-0.2, -0.15) is 0 Å². The molecule has 2 N–H and O–H groups in total. The van der Waals surface area contributed by atoms with Crippen LogP contribution in [0.2, 0.25) is 0 Å². The molecule has 1 aromatic carbocycles. The van der Waals surface area contributed by atoms with E-state index in [4.69, 9.17) is 9.79 Å². The molecule has 0 aliphatic heterocycles. The standard InChI is InChI=1S/C8H10FO5PS/c1-16(13,14)7-4-2-6(3-5-7)8(9)15(10,11)12/h2-5,8H,1H3,(H2,10,11,12). The summed E-state index contributed by atoms with van der Waals surface area (Å²) in [4.78, 5) is 17.1. The van der Waals surface area contributed by atoms with E-state index in [9.17, 15) is 17.4 Å². The molecule has 0 heterocycles. The Balaban J connectivity index is 3.10. The lowest BCUT2D eigenvalue weighted by molar-refractivity contribution is 0.303. The van der Waals surface area contributed by atoms with Crippen molar-refractivity contribution < 1.29 is 27.2 Å². The van der Waals surface area contributed by atoms with Crippen LogP contribution in [0.3, 0.4) is 0 Å². The molecule has 0 amide bonds. The normalized spacial score (nSPS) is 14.8. The third-order valence-electron chi connectivity index (χ3n) is 1.88. The summed E-state index contributed by atoms with van der Waals surface area (Å²) in [6.07, 6.45) is 0.984. The third-order valence-corrected chi connectivity index (χ3v) is 3.90. The summed E-state index contributed by atoms with van der Waals surface area (Å²) in [5, 5.41) is 0. The van der Waals surface area contributed by atoms with Gasteiger partial charge >= 0.3 is 7.60 Å². The van der Waals surface area contributed by atoms with Crippen LogP contribution in [-0.4, -0.2) is 24.5 Å². The van der Waals surface area contributed by atoms with Gasteiger partial charge in [0.05, 0.1) is 4.90 Å². The van der Waals surface area contributed by atoms with Gasteiger partial charge in [-0.1, -0.05) is 12.1 Å². The van der Waals surface area contributed by atoms with E-state index in [0.717, 1.165) is 30.5 Å². The minimum atomic E-state index is -4.85. The van der Waals surface area contributed by atoms with Gasteiger partial charge in [-0.15, -0.1) is 0 Å². The smallest absolute Gasteiger partial charge is 0.322 e. The highest BCUT2D eigenvalue weighted by atomic mass is 32.2. The molecule has 1 aromatic rings. The Bertz CT molecular complexity index is 518. The second-order valence-corrected chi connectivity index (χ2v) is 6.91. The molecule has 0 aliphatic carbocycles. The number of rotatable bonds is 3. The van der Waals surface area contributed by atoms with Crippen LogP contribution in [0, 0.1) is 0 Å². The van der Waals surface area contributed by atoms with Crippen molar-refractivity contribution >= 4 is 17.4 Å². The highest BCUT2D eigenvalue weighted by Gasteiger charge is 2.30. The minimum Gasteiger partial charge on any atom is -0.322 e. The Morgan fingerprint density at radius 2 is 1.69 bits per heavy atom. The zero-order valence-electron chi connectivity index (χ0n) is 8.24. The Morgan fingerprint density at radius 1 is 1.25 bits per heavy atom. The molecule has 1 unspecified atom stereocenters. The summed E-state index contributed by atoms with van der Waals surface area (Å²) in [6, 6.07) is 4.29. The molecule has 1 atom stereocenters. The fourth-order valence-corrected chi connectivity index (χ4v) is 2.26. The van der Waals surface area contributed by atoms with Gasteiger partial charge in [-0.05, 0) is 17.7 Å². The Hall–Kier alpha value is -0.750. The predicted molar refractivity (Wildman–Crippen MR) is 55.4 cm³/mol. The monoisotopic (exact) mass is 268 g/mol. The van der Waals surface area contributed by atoms with Crippen LogP contribution in [0.4, 0.5) is 4.39 Å². The Morgan fingerprint density at radius 3 is 2.00 bits per heavy atom. The van der Waals surface area contributed by atoms with Gasteiger partial charge in [0.15, 0.2) is 9.84 Å². The highest BCUT2D eigenvalue weighted by molar-refractivity contribution is 7.90. The fraction of sp³-hybridized carbons (Fsp3) is 0.250. The van der Waals surface area contributed by atoms with Crippen LogP contribution >= 0.6 is 7.60 Å². The van der Waals surface area contributed by atoms with Crippen molar-refractivity contribution in [2.45, 2.75) is 10.8 Å². The molecule has 8 heteroatoms. The topological polar surface area (TPSA) is 91.7 Å². The first kappa shape index (κ1) is 13.3. The van der Waals surface area contributed by atoms with Crippen molar-refractivity contribution in [3.8, 4) is 0 Å². The Kier molecular flexibility index (Phi) is 3.54. The number of hydrogen-bond donors (Lipinski definition) is 2. The summed E-state index contributed by atoms with van der Waals surface area (Å²) < 4.78 is 45.9. The molecular weight excluding hydrogens is 258 g/mol. The van der Waals surface area contributed by atoms with Crippen LogP contribution in [0.1, 0.15) is 11.5 Å². The molecule has 0 saturated carbocycles. The van der Waals surface area contributed by atoms with E-state index in [1.165, 1.54) is 0 Å². The second kappa shape index (κ2) is 4.25. The lowest BCUT2D eigenvalue weighted by Gasteiger charge is -2.10. The van der Waals surface area contributed by atoms with E-state index < -0.39 is 23.3 Å². The maximum Gasteiger partial charge on any atom is 0.363 e. The van der Waals surface area contributed by atoms with Gasteiger partial charge in [-0.25, -0.2) is 12.8 Å². The summed E-state index contributed by atoms with van der Waals surface area (Å²) in [7, 11) is -8.25. The van der Waals surface area contributed by atoms with Gasteiger partial charge < -0.3 is 9.79 Å². The molecule has 0 bridgehead atoms. The number of hydrogen-bond acceptors (Lipinski definition) is 3. The first-order valence-corrected chi connectivity index (χ1v) is 7.69. The van der Waals surface area contributed by atoms with Crippen LogP contribution in [0.15, 0.2) is 29.2 Å². The molecule has 0 saturated heterocycles. The largest absolute Gasteiger partial charge is 0.363 e. The molecule has 16 heavy (non-hydrogen) atoms. The van der Waals surface area contributed by atoms with Crippen LogP contribution in [0.25, 0.3) is 0 Å². The molecule has 0 fully saturated rings. The molecule has 0 aliphatic rings. The lowest BCUT2D eigenvalue weighted by atomic mass is 10.2. The summed E-state index contributed by atoms with van der Waals surface area (Å²) in [5.74, 6) is -2.43. The predicted octanol–water partition coefficient (Wildman–Crippen LogP) is 1.24. The van der Waals surface area contributed by atoms with Gasteiger partial charge in [0, 0.05) is 6.26 Å². The fourth-order valence-electron chi connectivity index (χ4n) is 1.07. The number of benzene rings is 1. The van der Waals surface area contributed by atoms with Gasteiger partial charge in [0.1, 0.15) is 0 Å². The quantitative estimate of drug-likeness (QED) is 0.804. The van der Waals surface area contributed by atoms with Gasteiger partial charge in [-0.3, -0.25) is 4.57 Å². The number of halogens is 1. The first-order valence-electron chi connectivity index (χ1n) is 4.11.